The Morgan fingerprint density at radius 3 is 1.50 bits per heavy atom. The molecule has 0 aliphatic carbocycles. The first-order chi connectivity index (χ1) is 2.00. The average molecular weight is 366 g/mol. The minimum atomic E-state index is -4.67. The number of nitrogens with two attached hydrogens (primary N) is 1. The number of hydrogen-bond donors (Lipinski definition) is 1. The predicted octanol–water partition coefficient (Wildman–Crippen LogP) is -0.841. The molecule has 6 heteroatoms. The maximum atomic E-state index is 10.4. The zero-order valence-electron chi connectivity index (χ0n) is 2.89. The van der Waals surface area contributed by atoms with E-state index in [0.29, 0.717) is 0 Å². The normalized spacial score (nSPS) is 9.67. The van der Waals surface area contributed by atoms with Crippen LogP contribution in [0.2, 0.25) is 0 Å². The second-order valence-corrected chi connectivity index (χ2v) is 1.43. The van der Waals surface area contributed by atoms with E-state index in [1.807, 2.05) is 0 Å². The molecule has 0 aliphatic heterocycles. The van der Waals surface area contributed by atoms with E-state index in [2.05, 4.69) is 5.14 Å². The third kappa shape index (κ3) is 7.15. The molecule has 6 heavy (non-hydrogen) atoms. The Hall–Kier alpha value is -1.16. The standard InChI is InChI=1S/FH2NO2S.Rf/c1-5(2,3)4;/h(H2,2,3,4);. The summed E-state index contributed by atoms with van der Waals surface area (Å²) in [5.41, 5.74) is 0. The van der Waals surface area contributed by atoms with Gasteiger partial charge in [-0.15, -0.1) is 0 Å². The average Bonchev–Trinajstić information content (AvgIpc) is 0.722. The van der Waals surface area contributed by atoms with Crippen molar-refractivity contribution >= 4 is 10.4 Å². The van der Waals surface area contributed by atoms with Gasteiger partial charge in [0.1, 0.15) is 0 Å². The van der Waals surface area contributed by atoms with E-state index < -0.39 is 10.4 Å². The molecule has 0 aromatic heterocycles. The maximum absolute atomic E-state index is 10.4. The Kier molecular flexibility index (Phi) is 1.95. The van der Waals surface area contributed by atoms with Gasteiger partial charge in [-0.1, -0.05) is 3.89 Å². The third-order valence-corrected chi connectivity index (χ3v) is 0. The quantitative estimate of drug-likeness (QED) is 0.569. The Morgan fingerprint density at radius 1 is 1.50 bits per heavy atom. The molecule has 0 spiro atoms. The third-order valence-electron chi connectivity index (χ3n) is 0. The Balaban J connectivity index is 0. The summed E-state index contributed by atoms with van der Waals surface area (Å²) in [7, 11) is -4.67. The van der Waals surface area contributed by atoms with E-state index in [-0.39, 0.29) is 0 Å². The van der Waals surface area contributed by atoms with Gasteiger partial charge in [0.25, 0.3) is 0 Å². The predicted molar refractivity (Wildman–Crippen MR) is 14.2 cm³/mol. The van der Waals surface area contributed by atoms with Crippen LogP contribution < -0.4 is 5.14 Å². The summed E-state index contributed by atoms with van der Waals surface area (Å²) >= 11 is 0. The van der Waals surface area contributed by atoms with Crippen molar-refractivity contribution in [2.24, 2.45) is 5.14 Å². The van der Waals surface area contributed by atoms with Gasteiger partial charge in [0.2, 0.25) is 0 Å². The summed E-state index contributed by atoms with van der Waals surface area (Å²) in [6.45, 7) is 0. The van der Waals surface area contributed by atoms with Crippen LogP contribution in [0, 0.1) is 0 Å². The first-order valence-electron chi connectivity index (χ1n) is 0.723. The van der Waals surface area contributed by atoms with Crippen LogP contribution in [0.4, 0.5) is 3.89 Å². The molecule has 0 radical (unpaired) electrons. The van der Waals surface area contributed by atoms with E-state index in [1.165, 1.54) is 0 Å². The van der Waals surface area contributed by atoms with Crippen molar-refractivity contribution < 1.29 is 12.3 Å². The van der Waals surface area contributed by atoms with Crippen LogP contribution >= 0.6 is 0 Å². The van der Waals surface area contributed by atoms with Crippen LogP contribution in [0.5, 0.6) is 0 Å². The van der Waals surface area contributed by atoms with E-state index in [0.717, 1.165) is 0 Å². The van der Waals surface area contributed by atoms with Gasteiger partial charge in [0, 0.05) is 0 Å². The fourth-order valence-corrected chi connectivity index (χ4v) is 0. The van der Waals surface area contributed by atoms with Crippen molar-refractivity contribution in [3.8, 4) is 0 Å². The molecular weight excluding hydrogens is 364 g/mol. The molecule has 0 aromatic rings. The maximum Gasteiger partial charge on any atom is 0.369 e. The molecule has 3 nitrogen and oxygen atoms in total. The van der Waals surface area contributed by atoms with Crippen molar-refractivity contribution in [1.29, 1.82) is 0 Å². The van der Waals surface area contributed by atoms with Crippen LogP contribution in [-0.2, 0) is 10.4 Å². The molecular formula is H2FNO2RfS. The van der Waals surface area contributed by atoms with Crippen LogP contribution in [-0.4, -0.2) is 8.42 Å². The van der Waals surface area contributed by atoms with Crippen LogP contribution in [0.15, 0.2) is 0 Å². The molecule has 0 unspecified atom stereocenters. The topological polar surface area (TPSA) is 60.2 Å². The summed E-state index contributed by atoms with van der Waals surface area (Å²) in [6.07, 6.45) is 0. The van der Waals surface area contributed by atoms with Crippen molar-refractivity contribution in [3.05, 3.63) is 0 Å². The molecule has 0 heterocycles. The SMILES string of the molecule is NS(=O)(=O)F.[Rf]. The molecule has 0 aliphatic rings. The molecule has 2 N–H and O–H groups in total. The van der Waals surface area contributed by atoms with E-state index in [1.54, 1.807) is 0 Å². The van der Waals surface area contributed by atoms with E-state index >= 15 is 0 Å². The second-order valence-electron chi connectivity index (χ2n) is 0.476. The molecule has 0 fully saturated rings. The van der Waals surface area contributed by atoms with Crippen molar-refractivity contribution in [2.45, 2.75) is 0 Å². The van der Waals surface area contributed by atoms with Crippen LogP contribution in [0.1, 0.15) is 0 Å². The van der Waals surface area contributed by atoms with Crippen molar-refractivity contribution in [1.82, 2.24) is 0 Å². The van der Waals surface area contributed by atoms with Gasteiger partial charge < -0.3 is 0 Å². The van der Waals surface area contributed by atoms with Gasteiger partial charge in [-0.3, -0.25) is 0 Å². The van der Waals surface area contributed by atoms with Gasteiger partial charge in [0.05, 0.1) is 0 Å². The monoisotopic (exact) mass is 366 g/mol. The first-order valence-corrected chi connectivity index (χ1v) is 2.17. The first kappa shape index (κ1) is 8.85. The molecule has 0 atom stereocenters. The number of rotatable bonds is 0. The summed E-state index contributed by atoms with van der Waals surface area (Å²) in [5.74, 6) is 0. The zero-order chi connectivity index (χ0) is 4.50. The minimum absolute atomic E-state index is 0. The fraction of sp³-hybridized carbons (Fsp3) is 0. The van der Waals surface area contributed by atoms with Crippen molar-refractivity contribution in [3.63, 3.8) is 0 Å². The smallest absolute Gasteiger partial charge is 0.202 e. The van der Waals surface area contributed by atoms with Gasteiger partial charge >= 0.3 is 10.4 Å². The van der Waals surface area contributed by atoms with Gasteiger partial charge in [0.15, 0.2) is 0 Å². The van der Waals surface area contributed by atoms with E-state index in [4.69, 9.17) is 8.42 Å². The molecule has 0 rings (SSSR count). The van der Waals surface area contributed by atoms with Crippen molar-refractivity contribution in [2.75, 3.05) is 0 Å². The second kappa shape index (κ2) is 1.32. The van der Waals surface area contributed by atoms with Gasteiger partial charge in [-0.2, -0.15) is 8.42 Å². The largest absolute Gasteiger partial charge is 0.369 e. The Bertz CT molecular complexity index is 96.7. The van der Waals surface area contributed by atoms with Gasteiger partial charge in [-0.25, -0.2) is 5.14 Å². The molecule has 0 saturated carbocycles. The minimum Gasteiger partial charge on any atom is -0.202 e. The molecule has 34 valence electrons. The number of halogens is 1. The van der Waals surface area contributed by atoms with E-state index in [9.17, 15) is 3.89 Å². The Morgan fingerprint density at radius 2 is 1.50 bits per heavy atom. The number of hydrogen-bond acceptors (Lipinski definition) is 2. The summed E-state index contributed by atoms with van der Waals surface area (Å²) in [4.78, 5) is 0. The molecule has 0 amide bonds. The summed E-state index contributed by atoms with van der Waals surface area (Å²) < 4.78 is 27.9. The van der Waals surface area contributed by atoms with Crippen LogP contribution in [0.3, 0.4) is 0 Å². The fourth-order valence-electron chi connectivity index (χ4n) is 0. The van der Waals surface area contributed by atoms with Crippen LogP contribution in [0.25, 0.3) is 0 Å². The summed E-state index contributed by atoms with van der Waals surface area (Å²) in [5, 5.41) is 3.66. The van der Waals surface area contributed by atoms with Gasteiger partial charge in [-0.05, 0) is 0 Å². The molecule has 0 saturated heterocycles. The zero-order valence-corrected chi connectivity index (χ0v) is 10.1. The summed E-state index contributed by atoms with van der Waals surface area (Å²) in [6, 6.07) is 0. The Labute approximate surface area is 28.9 Å². The molecule has 0 aromatic carbocycles. The molecule has 0 bridgehead atoms.